The maximum absolute atomic E-state index is 11.4. The standard InChI is InChI=1S/C19H19BrClN5O.C8H3BrCl2N2.C7H6ClNO2.CH4/c1-11(27)23-15-4-12(10-26(2)3)5-16(8-15)24-19-22-9-13-6-14(20)7-17(21)18(13)25-19;9-5-1-4-3-12-8(11)13-7(4)6(10)2-5;8-5-3-1-2-4(6(5)9)7(10)11;/h4-9H,10H2,1-3H3,(H,23,27)(H,22,24,25);1-3H;1-3H,9H2,(H,10,11);1H4. The first-order valence-electron chi connectivity index (χ1n) is 14.6. The van der Waals surface area contributed by atoms with E-state index in [0.29, 0.717) is 32.7 Å². The molecule has 1 amide bonds. The Balaban J connectivity index is 0.000000241. The number of halogens is 6. The van der Waals surface area contributed by atoms with Crippen LogP contribution in [-0.4, -0.2) is 55.9 Å². The Hall–Kier alpha value is -3.82. The first-order valence-corrected chi connectivity index (χ1v) is 17.7. The lowest BCUT2D eigenvalue weighted by Crippen LogP contribution is -2.12. The summed E-state index contributed by atoms with van der Waals surface area (Å²) >= 11 is 30.2. The number of para-hydroxylation sites is 1. The van der Waals surface area contributed by atoms with E-state index in [1.165, 1.54) is 13.0 Å². The molecule has 0 radical (unpaired) electrons. The zero-order valence-electron chi connectivity index (χ0n) is 27.0. The first-order chi connectivity index (χ1) is 24.1. The smallest absolute Gasteiger partial charge is 0.337 e. The van der Waals surface area contributed by atoms with Crippen molar-refractivity contribution < 1.29 is 14.7 Å². The molecule has 17 heteroatoms. The largest absolute Gasteiger partial charge is 0.478 e. The summed E-state index contributed by atoms with van der Waals surface area (Å²) in [7, 11) is 3.98. The van der Waals surface area contributed by atoms with Crippen molar-refractivity contribution >= 4 is 135 Å². The summed E-state index contributed by atoms with van der Waals surface area (Å²) in [4.78, 5) is 40.7. The Morgan fingerprint density at radius 1 is 0.827 bits per heavy atom. The number of anilines is 4. The van der Waals surface area contributed by atoms with Crippen LogP contribution in [0.5, 0.6) is 0 Å². The van der Waals surface area contributed by atoms with Crippen molar-refractivity contribution in [3.8, 4) is 0 Å². The average molecular weight is 914 g/mol. The van der Waals surface area contributed by atoms with Crippen molar-refractivity contribution in [3.63, 3.8) is 0 Å². The summed E-state index contributed by atoms with van der Waals surface area (Å²) in [6.07, 6.45) is 3.36. The number of fused-ring (bicyclic) bond motifs is 2. The number of benzene rings is 4. The SMILES string of the molecule is C.CC(=O)Nc1cc(CN(C)C)cc(Nc2ncc3cc(Br)cc(Cl)c3n2)c1.Clc1ncc2cc(Br)cc(Cl)c2n1.Nc1c(Cl)cccc1C(=O)O. The average Bonchev–Trinajstić information content (AvgIpc) is 3.03. The number of carbonyl (C=O) groups is 2. The number of aromatic nitrogens is 4. The molecule has 0 aliphatic carbocycles. The lowest BCUT2D eigenvalue weighted by molar-refractivity contribution is -0.114. The van der Waals surface area contributed by atoms with E-state index in [-0.39, 0.29) is 34.9 Å². The Bertz CT molecular complexity index is 2250. The minimum absolute atomic E-state index is 0. The highest BCUT2D eigenvalue weighted by Crippen LogP contribution is 2.29. The molecule has 52 heavy (non-hydrogen) atoms. The van der Waals surface area contributed by atoms with Gasteiger partial charge in [-0.3, -0.25) is 4.79 Å². The number of rotatable bonds is 6. The third kappa shape index (κ3) is 12.1. The highest BCUT2D eigenvalue weighted by atomic mass is 79.9. The van der Waals surface area contributed by atoms with E-state index in [2.05, 4.69) is 67.3 Å². The molecule has 2 heterocycles. The van der Waals surface area contributed by atoms with Gasteiger partial charge in [0.1, 0.15) is 0 Å². The number of hydrogen-bond acceptors (Lipinski definition) is 9. The summed E-state index contributed by atoms with van der Waals surface area (Å²) in [5.41, 5.74) is 9.41. The van der Waals surface area contributed by atoms with Crippen LogP contribution in [0.3, 0.4) is 0 Å². The molecule has 4 aromatic carbocycles. The van der Waals surface area contributed by atoms with Crippen LogP contribution in [-0.2, 0) is 11.3 Å². The van der Waals surface area contributed by atoms with Crippen molar-refractivity contribution in [2.45, 2.75) is 20.9 Å². The Kier molecular flexibility index (Phi) is 15.8. The zero-order chi connectivity index (χ0) is 37.4. The number of nitrogens with two attached hydrogens (primary N) is 1. The summed E-state index contributed by atoms with van der Waals surface area (Å²) < 4.78 is 1.77. The van der Waals surface area contributed by atoms with E-state index >= 15 is 0 Å². The zero-order valence-corrected chi connectivity index (χ0v) is 33.2. The van der Waals surface area contributed by atoms with Crippen LogP contribution in [0.25, 0.3) is 21.8 Å². The third-order valence-electron chi connectivity index (χ3n) is 6.52. The number of carbonyl (C=O) groups excluding carboxylic acids is 1. The van der Waals surface area contributed by atoms with Gasteiger partial charge in [0.05, 0.1) is 37.4 Å². The van der Waals surface area contributed by atoms with Gasteiger partial charge in [-0.25, -0.2) is 24.7 Å². The molecule has 6 aromatic rings. The molecule has 0 saturated heterocycles. The summed E-state index contributed by atoms with van der Waals surface area (Å²) in [5, 5.41) is 17.9. The monoisotopic (exact) mass is 910 g/mol. The molecule has 11 nitrogen and oxygen atoms in total. The number of nitrogen functional groups attached to an aromatic ring is 1. The topological polar surface area (TPSA) is 159 Å². The minimum Gasteiger partial charge on any atom is -0.478 e. The fourth-order valence-corrected chi connectivity index (χ4v) is 6.58. The number of carboxylic acids is 1. The molecule has 272 valence electrons. The highest BCUT2D eigenvalue weighted by Gasteiger charge is 2.10. The van der Waals surface area contributed by atoms with Crippen molar-refractivity contribution in [3.05, 3.63) is 113 Å². The second-order valence-electron chi connectivity index (χ2n) is 11.0. The second-order valence-corrected chi connectivity index (χ2v) is 14.3. The quantitative estimate of drug-likeness (QED) is 0.0936. The predicted octanol–water partition coefficient (Wildman–Crippen LogP) is 10.8. The van der Waals surface area contributed by atoms with Gasteiger partial charge in [-0.05, 0) is 85.9 Å². The molecule has 2 aromatic heterocycles. The van der Waals surface area contributed by atoms with Gasteiger partial charge >= 0.3 is 5.97 Å². The maximum atomic E-state index is 11.4. The van der Waals surface area contributed by atoms with Crippen LogP contribution < -0.4 is 16.4 Å². The number of hydrogen-bond donors (Lipinski definition) is 4. The number of nitrogens with zero attached hydrogens (tertiary/aromatic N) is 5. The van der Waals surface area contributed by atoms with E-state index in [9.17, 15) is 9.59 Å². The van der Waals surface area contributed by atoms with E-state index in [0.717, 1.165) is 37.5 Å². The van der Waals surface area contributed by atoms with E-state index < -0.39 is 5.97 Å². The van der Waals surface area contributed by atoms with Crippen LogP contribution in [0.4, 0.5) is 23.0 Å². The van der Waals surface area contributed by atoms with Gasteiger partial charge < -0.3 is 26.4 Å². The van der Waals surface area contributed by atoms with Gasteiger partial charge in [0, 0.05) is 57.0 Å². The van der Waals surface area contributed by atoms with Gasteiger partial charge in [0.15, 0.2) is 0 Å². The molecule has 0 fully saturated rings. The number of carboxylic acid groups (broad SMARTS) is 1. The predicted molar refractivity (Wildman–Crippen MR) is 220 cm³/mol. The van der Waals surface area contributed by atoms with Gasteiger partial charge in [-0.1, -0.05) is 80.2 Å². The van der Waals surface area contributed by atoms with Crippen LogP contribution >= 0.6 is 78.3 Å². The van der Waals surface area contributed by atoms with E-state index in [1.807, 2.05) is 44.4 Å². The van der Waals surface area contributed by atoms with Crippen molar-refractivity contribution in [2.24, 2.45) is 0 Å². The molecule has 0 atom stereocenters. The van der Waals surface area contributed by atoms with Gasteiger partial charge in [-0.2, -0.15) is 0 Å². The lowest BCUT2D eigenvalue weighted by Gasteiger charge is -2.14. The number of nitrogens with one attached hydrogen (secondary N) is 2. The van der Waals surface area contributed by atoms with Gasteiger partial charge in [-0.15, -0.1) is 0 Å². The lowest BCUT2D eigenvalue weighted by atomic mass is 10.1. The molecular weight excluding hydrogens is 882 g/mol. The van der Waals surface area contributed by atoms with Crippen molar-refractivity contribution in [1.29, 1.82) is 0 Å². The molecule has 0 aliphatic heterocycles. The Labute approximate surface area is 337 Å². The molecule has 0 bridgehead atoms. The van der Waals surface area contributed by atoms with Crippen molar-refractivity contribution in [1.82, 2.24) is 24.8 Å². The highest BCUT2D eigenvalue weighted by molar-refractivity contribution is 9.10. The molecule has 5 N–H and O–H groups in total. The number of aromatic carboxylic acids is 1. The second kappa shape index (κ2) is 19.3. The van der Waals surface area contributed by atoms with Crippen molar-refractivity contribution in [2.75, 3.05) is 30.5 Å². The van der Waals surface area contributed by atoms with Crippen LogP contribution in [0.2, 0.25) is 20.4 Å². The normalized spacial score (nSPS) is 10.4. The van der Waals surface area contributed by atoms with Gasteiger partial charge in [0.2, 0.25) is 17.1 Å². The fraction of sp³-hybridized carbons (Fsp3) is 0.143. The number of amides is 1. The molecular formula is C35H32Br2Cl4N8O3. The molecule has 0 aliphatic rings. The van der Waals surface area contributed by atoms with Crippen LogP contribution in [0.1, 0.15) is 30.3 Å². The summed E-state index contributed by atoms with van der Waals surface area (Å²) in [6.45, 7) is 2.22. The summed E-state index contributed by atoms with van der Waals surface area (Å²) in [5.74, 6) is -0.755. The molecule has 0 spiro atoms. The Morgan fingerprint density at radius 3 is 1.96 bits per heavy atom. The third-order valence-corrected chi connectivity index (χ3v) is 8.53. The molecule has 6 rings (SSSR count). The minimum atomic E-state index is -1.06. The Morgan fingerprint density at radius 2 is 1.40 bits per heavy atom. The van der Waals surface area contributed by atoms with E-state index in [4.69, 9.17) is 57.2 Å². The fourth-order valence-electron chi connectivity index (χ4n) is 4.52. The molecule has 0 saturated carbocycles. The summed E-state index contributed by atoms with van der Waals surface area (Å²) in [6, 6.07) is 17.7. The van der Waals surface area contributed by atoms with Crippen LogP contribution in [0, 0.1) is 0 Å². The molecule has 0 unspecified atom stereocenters. The van der Waals surface area contributed by atoms with E-state index in [1.54, 1.807) is 36.7 Å². The maximum Gasteiger partial charge on any atom is 0.337 e. The van der Waals surface area contributed by atoms with Crippen LogP contribution in [0.15, 0.2) is 82.0 Å². The first kappa shape index (κ1) is 42.6. The van der Waals surface area contributed by atoms with Gasteiger partial charge in [0.25, 0.3) is 0 Å².